The highest BCUT2D eigenvalue weighted by atomic mass is 35.5. The monoisotopic (exact) mass is 603 g/mol. The van der Waals surface area contributed by atoms with Crippen molar-refractivity contribution in [2.45, 2.75) is 64.1 Å². The molecule has 0 aliphatic rings. The molecule has 3 aromatic carbocycles. The molecular weight excluding hydrogens is 569 g/mol. The van der Waals surface area contributed by atoms with Gasteiger partial charge in [0.2, 0.25) is 11.8 Å². The Hall–Kier alpha value is -3.07. The molecule has 2 amide bonds. The highest BCUT2D eigenvalue weighted by Gasteiger charge is 2.33. The topological polar surface area (TPSA) is 86.8 Å². The third-order valence-corrected chi connectivity index (χ3v) is 8.77. The molecule has 1 atom stereocenters. The number of anilines is 1. The Bertz CT molecular complexity index is 1440. The summed E-state index contributed by atoms with van der Waals surface area (Å²) in [5, 5.41) is 3.57. The van der Waals surface area contributed by atoms with Crippen molar-refractivity contribution in [3.63, 3.8) is 0 Å². The number of carbonyl (C=O) groups excluding carboxylic acids is 2. The van der Waals surface area contributed by atoms with E-state index in [-0.39, 0.29) is 17.3 Å². The van der Waals surface area contributed by atoms with Gasteiger partial charge in [0, 0.05) is 12.1 Å². The third kappa shape index (κ3) is 7.99. The van der Waals surface area contributed by atoms with Crippen LogP contribution in [0.4, 0.5) is 5.69 Å². The first-order valence-corrected chi connectivity index (χ1v) is 15.1. The molecule has 0 saturated heterocycles. The van der Waals surface area contributed by atoms with Gasteiger partial charge in [-0.1, -0.05) is 66.5 Å². The molecule has 0 spiro atoms. The number of benzene rings is 3. The largest absolute Gasteiger partial charge is 0.350 e. The van der Waals surface area contributed by atoms with Crippen LogP contribution < -0.4 is 9.62 Å². The molecule has 10 heteroatoms. The number of hydrogen-bond donors (Lipinski definition) is 1. The lowest BCUT2D eigenvalue weighted by Gasteiger charge is -2.33. The van der Waals surface area contributed by atoms with E-state index in [0.29, 0.717) is 21.3 Å². The summed E-state index contributed by atoms with van der Waals surface area (Å²) in [7, 11) is -4.12. The van der Waals surface area contributed by atoms with Crippen molar-refractivity contribution in [3.05, 3.63) is 94.0 Å². The van der Waals surface area contributed by atoms with Crippen LogP contribution in [-0.2, 0) is 32.6 Å². The second kappa shape index (κ2) is 13.1. The smallest absolute Gasteiger partial charge is 0.264 e. The lowest BCUT2D eigenvalue weighted by atomic mass is 10.1. The molecule has 0 aliphatic heterocycles. The highest BCUT2D eigenvalue weighted by molar-refractivity contribution is 7.92. The van der Waals surface area contributed by atoms with E-state index in [1.807, 2.05) is 39.8 Å². The molecule has 0 saturated carbocycles. The molecule has 214 valence electrons. The van der Waals surface area contributed by atoms with Crippen LogP contribution in [0.15, 0.2) is 77.7 Å². The van der Waals surface area contributed by atoms with Crippen molar-refractivity contribution in [2.24, 2.45) is 0 Å². The van der Waals surface area contributed by atoms with Gasteiger partial charge in [-0.15, -0.1) is 0 Å². The van der Waals surface area contributed by atoms with Gasteiger partial charge in [0.05, 0.1) is 20.6 Å². The van der Waals surface area contributed by atoms with E-state index >= 15 is 0 Å². The maximum absolute atomic E-state index is 14.0. The third-order valence-electron chi connectivity index (χ3n) is 6.25. The Morgan fingerprint density at radius 3 is 2.05 bits per heavy atom. The molecule has 0 aromatic heterocycles. The van der Waals surface area contributed by atoms with Gasteiger partial charge in [-0.3, -0.25) is 13.9 Å². The Labute approximate surface area is 247 Å². The Morgan fingerprint density at radius 2 is 1.50 bits per heavy atom. The molecule has 1 N–H and O–H groups in total. The standard InChI is InChI=1S/C30H35Cl2N3O4S/c1-6-22-12-15-24(16-13-22)35(40(38,39)25-10-8-7-9-11-25)20-28(36)34(21(2)29(37)33-30(3,4)5)19-23-14-17-26(31)27(32)18-23/h7-18,21H,6,19-20H2,1-5H3,(H,33,37)/t21-/m0/s1. The number of sulfonamides is 1. The predicted molar refractivity (Wildman–Crippen MR) is 161 cm³/mol. The molecule has 0 unspecified atom stereocenters. The van der Waals surface area contributed by atoms with E-state index in [4.69, 9.17) is 23.2 Å². The van der Waals surface area contributed by atoms with Gasteiger partial charge in [-0.05, 0) is 81.6 Å². The van der Waals surface area contributed by atoms with Crippen LogP contribution in [0.2, 0.25) is 10.0 Å². The quantitative estimate of drug-likeness (QED) is 0.304. The number of amides is 2. The fourth-order valence-electron chi connectivity index (χ4n) is 4.04. The summed E-state index contributed by atoms with van der Waals surface area (Å²) in [5.74, 6) is -0.924. The minimum absolute atomic E-state index is 0.0163. The SMILES string of the molecule is CCc1ccc(N(CC(=O)N(Cc2ccc(Cl)c(Cl)c2)[C@@H](C)C(=O)NC(C)(C)C)S(=O)(=O)c2ccccc2)cc1. The normalized spacial score (nSPS) is 12.5. The van der Waals surface area contributed by atoms with Crippen LogP contribution in [0, 0.1) is 0 Å². The number of rotatable bonds is 10. The Balaban J connectivity index is 2.04. The summed E-state index contributed by atoms with van der Waals surface area (Å²) in [5.41, 5.74) is 1.48. The lowest BCUT2D eigenvalue weighted by molar-refractivity contribution is -0.140. The van der Waals surface area contributed by atoms with Crippen molar-refractivity contribution in [2.75, 3.05) is 10.8 Å². The molecule has 3 rings (SSSR count). The van der Waals surface area contributed by atoms with Crippen molar-refractivity contribution < 1.29 is 18.0 Å². The van der Waals surface area contributed by atoms with Gasteiger partial charge < -0.3 is 10.2 Å². The van der Waals surface area contributed by atoms with Crippen LogP contribution in [0.3, 0.4) is 0 Å². The first kappa shape index (κ1) is 31.5. The molecule has 0 bridgehead atoms. The Kier molecular flexibility index (Phi) is 10.3. The maximum Gasteiger partial charge on any atom is 0.264 e. The van der Waals surface area contributed by atoms with E-state index in [1.165, 1.54) is 17.0 Å². The van der Waals surface area contributed by atoms with Gasteiger partial charge >= 0.3 is 0 Å². The zero-order valence-corrected chi connectivity index (χ0v) is 25.6. The van der Waals surface area contributed by atoms with E-state index in [2.05, 4.69) is 5.32 Å². The Morgan fingerprint density at radius 1 is 0.900 bits per heavy atom. The van der Waals surface area contributed by atoms with E-state index in [9.17, 15) is 18.0 Å². The fraction of sp³-hybridized carbons (Fsp3) is 0.333. The van der Waals surface area contributed by atoms with Gasteiger partial charge in [0.15, 0.2) is 0 Å². The van der Waals surface area contributed by atoms with E-state index in [0.717, 1.165) is 16.3 Å². The summed E-state index contributed by atoms with van der Waals surface area (Å²) >= 11 is 12.3. The molecule has 3 aromatic rings. The predicted octanol–water partition coefficient (Wildman–Crippen LogP) is 6.08. The second-order valence-electron chi connectivity index (χ2n) is 10.5. The summed E-state index contributed by atoms with van der Waals surface area (Å²) < 4.78 is 28.7. The van der Waals surface area contributed by atoms with Crippen LogP contribution in [0.1, 0.15) is 45.7 Å². The number of halogens is 2. The van der Waals surface area contributed by atoms with Crippen molar-refractivity contribution >= 4 is 50.7 Å². The average molecular weight is 605 g/mol. The zero-order valence-electron chi connectivity index (χ0n) is 23.3. The summed E-state index contributed by atoms with van der Waals surface area (Å²) in [4.78, 5) is 28.6. The molecule has 0 aliphatic carbocycles. The molecule has 7 nitrogen and oxygen atoms in total. The molecule has 0 radical (unpaired) electrons. The highest BCUT2D eigenvalue weighted by Crippen LogP contribution is 2.27. The number of hydrogen-bond acceptors (Lipinski definition) is 4. The van der Waals surface area contributed by atoms with Crippen molar-refractivity contribution in [1.29, 1.82) is 0 Å². The number of nitrogens with one attached hydrogen (secondary N) is 1. The first-order chi connectivity index (χ1) is 18.7. The van der Waals surface area contributed by atoms with Gasteiger partial charge in [-0.2, -0.15) is 0 Å². The minimum atomic E-state index is -4.12. The zero-order chi connectivity index (χ0) is 29.7. The van der Waals surface area contributed by atoms with Crippen LogP contribution >= 0.6 is 23.2 Å². The number of carbonyl (C=O) groups is 2. The average Bonchev–Trinajstić information content (AvgIpc) is 2.91. The van der Waals surface area contributed by atoms with Crippen molar-refractivity contribution in [3.8, 4) is 0 Å². The lowest BCUT2D eigenvalue weighted by Crippen LogP contribution is -2.54. The molecular formula is C30H35Cl2N3O4S. The minimum Gasteiger partial charge on any atom is -0.350 e. The van der Waals surface area contributed by atoms with Gasteiger partial charge in [0.25, 0.3) is 10.0 Å². The van der Waals surface area contributed by atoms with Crippen LogP contribution in [0.5, 0.6) is 0 Å². The summed E-state index contributed by atoms with van der Waals surface area (Å²) in [6.07, 6.45) is 0.780. The van der Waals surface area contributed by atoms with E-state index in [1.54, 1.807) is 55.5 Å². The summed E-state index contributed by atoms with van der Waals surface area (Å²) in [6, 6.07) is 19.0. The first-order valence-electron chi connectivity index (χ1n) is 12.9. The van der Waals surface area contributed by atoms with Crippen LogP contribution in [0.25, 0.3) is 0 Å². The van der Waals surface area contributed by atoms with E-state index < -0.39 is 34.1 Å². The van der Waals surface area contributed by atoms with Crippen LogP contribution in [-0.4, -0.2) is 43.3 Å². The number of nitrogens with zero attached hydrogens (tertiary/aromatic N) is 2. The maximum atomic E-state index is 14.0. The van der Waals surface area contributed by atoms with Gasteiger partial charge in [-0.25, -0.2) is 8.42 Å². The van der Waals surface area contributed by atoms with Crippen molar-refractivity contribution in [1.82, 2.24) is 10.2 Å². The molecule has 0 fully saturated rings. The fourth-order valence-corrected chi connectivity index (χ4v) is 5.79. The number of aryl methyl sites for hydroxylation is 1. The molecule has 0 heterocycles. The van der Waals surface area contributed by atoms with Gasteiger partial charge in [0.1, 0.15) is 12.6 Å². The molecule has 40 heavy (non-hydrogen) atoms. The summed E-state index contributed by atoms with van der Waals surface area (Å²) in [6.45, 7) is 8.65. The second-order valence-corrected chi connectivity index (χ2v) is 13.2.